The molecule has 0 radical (unpaired) electrons. The molecular formula is C19H32ClN7O2. The Kier molecular flexibility index (Phi) is 9.40. The van der Waals surface area contributed by atoms with Gasteiger partial charge < -0.3 is 21.5 Å². The molecule has 1 aromatic rings. The van der Waals surface area contributed by atoms with Gasteiger partial charge in [0.1, 0.15) is 0 Å². The molecule has 1 amide bonds. The van der Waals surface area contributed by atoms with Crippen LogP contribution in [0.4, 0.5) is 11.6 Å². The van der Waals surface area contributed by atoms with Crippen molar-refractivity contribution >= 4 is 35.1 Å². The topological polar surface area (TPSA) is 152 Å². The number of hydrogen-bond donors (Lipinski definition) is 5. The molecule has 29 heavy (non-hydrogen) atoms. The molecule has 1 aromatic heterocycles. The minimum absolute atomic E-state index is 0.0455. The molecule has 1 saturated carbocycles. The van der Waals surface area contributed by atoms with Crippen LogP contribution in [-0.2, 0) is 4.74 Å². The highest BCUT2D eigenvalue weighted by atomic mass is 35.5. The van der Waals surface area contributed by atoms with Gasteiger partial charge in [-0.1, -0.05) is 31.4 Å². The Bertz CT molecular complexity index is 693. The fourth-order valence-electron chi connectivity index (χ4n) is 3.47. The number of nitrogens with two attached hydrogens (primary N) is 2. The number of ether oxygens (including phenoxy) is 1. The fourth-order valence-corrected chi connectivity index (χ4v) is 3.60. The quantitative estimate of drug-likeness (QED) is 0.231. The summed E-state index contributed by atoms with van der Waals surface area (Å²) in [6, 6.07) is 0. The van der Waals surface area contributed by atoms with E-state index in [1.54, 1.807) is 0 Å². The lowest BCUT2D eigenvalue weighted by atomic mass is 9.84. The minimum Gasteiger partial charge on any atom is -0.382 e. The van der Waals surface area contributed by atoms with Crippen molar-refractivity contribution in [3.05, 3.63) is 10.8 Å². The molecule has 1 aliphatic rings. The van der Waals surface area contributed by atoms with E-state index in [2.05, 4.69) is 27.5 Å². The van der Waals surface area contributed by atoms with E-state index in [0.717, 1.165) is 31.8 Å². The Morgan fingerprint density at radius 1 is 1.21 bits per heavy atom. The van der Waals surface area contributed by atoms with Gasteiger partial charge in [-0.05, 0) is 44.4 Å². The van der Waals surface area contributed by atoms with Gasteiger partial charge in [0.2, 0.25) is 0 Å². The van der Waals surface area contributed by atoms with Crippen LogP contribution in [0.5, 0.6) is 0 Å². The Hall–Kier alpha value is -2.13. The Balaban J connectivity index is 1.59. The second-order valence-corrected chi connectivity index (χ2v) is 7.76. The SMILES string of the molecule is CCCOC1CCC(CCCCNC(=N)NC(=O)c2nc(Cl)c(N)nc2N)CC1. The van der Waals surface area contributed by atoms with E-state index in [-0.39, 0.29) is 28.4 Å². The molecule has 9 nitrogen and oxygen atoms in total. The van der Waals surface area contributed by atoms with Crippen molar-refractivity contribution in [1.29, 1.82) is 5.41 Å². The highest BCUT2D eigenvalue weighted by Crippen LogP contribution is 2.29. The summed E-state index contributed by atoms with van der Waals surface area (Å²) in [6.07, 6.45) is 9.55. The number of rotatable bonds is 9. The number of aromatic nitrogens is 2. The van der Waals surface area contributed by atoms with Crippen molar-refractivity contribution in [3.8, 4) is 0 Å². The summed E-state index contributed by atoms with van der Waals surface area (Å²) in [5.41, 5.74) is 11.0. The number of nitrogen functional groups attached to an aromatic ring is 2. The zero-order chi connectivity index (χ0) is 21.2. The molecule has 162 valence electrons. The van der Waals surface area contributed by atoms with Crippen molar-refractivity contribution in [2.45, 2.75) is 64.4 Å². The van der Waals surface area contributed by atoms with E-state index in [1.165, 1.54) is 32.1 Å². The molecular weight excluding hydrogens is 394 g/mol. The molecule has 0 unspecified atom stereocenters. The smallest absolute Gasteiger partial charge is 0.280 e. The molecule has 0 bridgehead atoms. The number of nitrogens with one attached hydrogen (secondary N) is 3. The lowest BCUT2D eigenvalue weighted by Gasteiger charge is -2.28. The first-order valence-corrected chi connectivity index (χ1v) is 10.6. The monoisotopic (exact) mass is 425 g/mol. The van der Waals surface area contributed by atoms with Gasteiger partial charge in [0, 0.05) is 13.2 Å². The first-order valence-electron chi connectivity index (χ1n) is 10.2. The van der Waals surface area contributed by atoms with Crippen LogP contribution in [0.15, 0.2) is 0 Å². The lowest BCUT2D eigenvalue weighted by molar-refractivity contribution is 0.0174. The van der Waals surface area contributed by atoms with Crippen LogP contribution in [0, 0.1) is 11.3 Å². The first kappa shape index (κ1) is 23.2. The molecule has 0 atom stereocenters. The number of carbonyl (C=O) groups excluding carboxylic acids is 1. The summed E-state index contributed by atoms with van der Waals surface area (Å²) >= 11 is 5.77. The summed E-state index contributed by atoms with van der Waals surface area (Å²) in [6.45, 7) is 3.62. The van der Waals surface area contributed by atoms with Crippen LogP contribution >= 0.6 is 11.6 Å². The maximum Gasteiger partial charge on any atom is 0.280 e. The summed E-state index contributed by atoms with van der Waals surface area (Å²) in [5, 5.41) is 13.0. The Labute approximate surface area is 176 Å². The number of carbonyl (C=O) groups is 1. The van der Waals surface area contributed by atoms with Crippen LogP contribution in [0.1, 0.15) is 68.8 Å². The average molecular weight is 426 g/mol. The average Bonchev–Trinajstić information content (AvgIpc) is 2.69. The number of hydrogen-bond acceptors (Lipinski definition) is 7. The molecule has 0 spiro atoms. The Morgan fingerprint density at radius 2 is 1.93 bits per heavy atom. The standard InChI is InChI=1S/C19H32ClN7O2/c1-2-11-29-13-8-6-12(7-9-13)5-3-4-10-24-19(23)27-18(28)14-16(21)26-17(22)15(20)25-14/h12-13H,2-11H2,1H3,(H4,21,22,26)(H3,23,24,27,28). The Morgan fingerprint density at radius 3 is 2.62 bits per heavy atom. The third-order valence-corrected chi connectivity index (χ3v) is 5.33. The molecule has 0 aromatic carbocycles. The van der Waals surface area contributed by atoms with Gasteiger partial charge >= 0.3 is 0 Å². The van der Waals surface area contributed by atoms with E-state index in [0.29, 0.717) is 12.6 Å². The maximum atomic E-state index is 12.1. The predicted molar refractivity (Wildman–Crippen MR) is 115 cm³/mol. The van der Waals surface area contributed by atoms with Crippen molar-refractivity contribution in [1.82, 2.24) is 20.6 Å². The molecule has 1 heterocycles. The summed E-state index contributed by atoms with van der Waals surface area (Å²) in [4.78, 5) is 19.7. The summed E-state index contributed by atoms with van der Waals surface area (Å²) in [5.74, 6) is -0.176. The summed E-state index contributed by atoms with van der Waals surface area (Å²) in [7, 11) is 0. The van der Waals surface area contributed by atoms with Gasteiger partial charge in [0.05, 0.1) is 6.10 Å². The fraction of sp³-hybridized carbons (Fsp3) is 0.684. The summed E-state index contributed by atoms with van der Waals surface area (Å²) < 4.78 is 5.84. The largest absolute Gasteiger partial charge is 0.382 e. The van der Waals surface area contributed by atoms with Gasteiger partial charge in [0.15, 0.2) is 28.4 Å². The third-order valence-electron chi connectivity index (χ3n) is 5.05. The van der Waals surface area contributed by atoms with E-state index in [4.69, 9.17) is 33.2 Å². The van der Waals surface area contributed by atoms with Crippen molar-refractivity contribution < 1.29 is 9.53 Å². The zero-order valence-electron chi connectivity index (χ0n) is 17.0. The zero-order valence-corrected chi connectivity index (χ0v) is 17.7. The van der Waals surface area contributed by atoms with E-state index < -0.39 is 5.91 Å². The maximum absolute atomic E-state index is 12.1. The van der Waals surface area contributed by atoms with Crippen molar-refractivity contribution in [3.63, 3.8) is 0 Å². The van der Waals surface area contributed by atoms with E-state index >= 15 is 0 Å². The minimum atomic E-state index is -0.656. The number of halogens is 1. The lowest BCUT2D eigenvalue weighted by Crippen LogP contribution is -2.41. The van der Waals surface area contributed by atoms with Crippen LogP contribution in [0.2, 0.25) is 5.15 Å². The van der Waals surface area contributed by atoms with Gasteiger partial charge in [-0.15, -0.1) is 0 Å². The first-order chi connectivity index (χ1) is 13.9. The molecule has 0 aliphatic heterocycles. The highest BCUT2D eigenvalue weighted by molar-refractivity contribution is 6.31. The van der Waals surface area contributed by atoms with Gasteiger partial charge in [0.25, 0.3) is 5.91 Å². The van der Waals surface area contributed by atoms with E-state index in [9.17, 15) is 4.79 Å². The number of amides is 1. The predicted octanol–water partition coefficient (Wildman–Crippen LogP) is 2.70. The number of anilines is 2. The van der Waals surface area contributed by atoms with E-state index in [1.807, 2.05) is 0 Å². The number of unbranched alkanes of at least 4 members (excludes halogenated alkanes) is 1. The molecule has 1 aliphatic carbocycles. The molecule has 10 heteroatoms. The number of nitrogens with zero attached hydrogens (tertiary/aromatic N) is 2. The van der Waals surface area contributed by atoms with Gasteiger partial charge in [-0.25, -0.2) is 9.97 Å². The molecule has 2 rings (SSSR count). The van der Waals surface area contributed by atoms with Crippen LogP contribution in [-0.4, -0.2) is 41.1 Å². The van der Waals surface area contributed by atoms with Crippen LogP contribution < -0.4 is 22.1 Å². The van der Waals surface area contributed by atoms with Gasteiger partial charge in [-0.3, -0.25) is 15.5 Å². The van der Waals surface area contributed by atoms with Crippen molar-refractivity contribution in [2.75, 3.05) is 24.6 Å². The third kappa shape index (κ3) is 7.66. The highest BCUT2D eigenvalue weighted by Gasteiger charge is 2.21. The normalized spacial score (nSPS) is 19.0. The molecule has 1 fully saturated rings. The van der Waals surface area contributed by atoms with Gasteiger partial charge in [-0.2, -0.15) is 0 Å². The van der Waals surface area contributed by atoms with Crippen molar-refractivity contribution in [2.24, 2.45) is 5.92 Å². The van der Waals surface area contributed by atoms with Crippen LogP contribution in [0.3, 0.4) is 0 Å². The molecule has 0 saturated heterocycles. The number of guanidine groups is 1. The molecule has 7 N–H and O–H groups in total. The second kappa shape index (κ2) is 11.8. The van der Waals surface area contributed by atoms with Crippen LogP contribution in [0.25, 0.3) is 0 Å². The second-order valence-electron chi connectivity index (χ2n) is 7.40.